The molecule has 1 aliphatic rings. The second-order valence-corrected chi connectivity index (χ2v) is 8.25. The fourth-order valence-corrected chi connectivity index (χ4v) is 4.36. The van der Waals surface area contributed by atoms with Gasteiger partial charge in [0.1, 0.15) is 5.75 Å². The van der Waals surface area contributed by atoms with Crippen LogP contribution in [0.5, 0.6) is 5.75 Å². The number of nitrogens with one attached hydrogen (secondary N) is 1. The maximum Gasteiger partial charge on any atom is 0.573 e. The summed E-state index contributed by atoms with van der Waals surface area (Å²) in [7, 11) is 0. The smallest absolute Gasteiger partial charge is 0.405 e. The van der Waals surface area contributed by atoms with Crippen molar-refractivity contribution in [2.45, 2.75) is 32.2 Å². The van der Waals surface area contributed by atoms with Crippen LogP contribution in [-0.2, 0) is 0 Å². The number of H-pyrrole nitrogens is 1. The molecule has 3 heterocycles. The first kappa shape index (κ1) is 22.6. The fourth-order valence-electron chi connectivity index (χ4n) is 4.36. The second-order valence-electron chi connectivity index (χ2n) is 8.25. The predicted octanol–water partition coefficient (Wildman–Crippen LogP) is 4.84. The summed E-state index contributed by atoms with van der Waals surface area (Å²) in [5, 5.41) is 15.5. The highest BCUT2D eigenvalue weighted by Crippen LogP contribution is 2.37. The van der Waals surface area contributed by atoms with E-state index in [4.69, 9.17) is 0 Å². The lowest BCUT2D eigenvalue weighted by atomic mass is 10.1. The molecule has 2 aromatic carbocycles. The third-order valence-electron chi connectivity index (χ3n) is 5.88. The van der Waals surface area contributed by atoms with Crippen molar-refractivity contribution < 1.29 is 22.7 Å². The minimum Gasteiger partial charge on any atom is -0.405 e. The maximum absolute atomic E-state index is 13.7. The Morgan fingerprint density at radius 3 is 2.66 bits per heavy atom. The van der Waals surface area contributed by atoms with Crippen molar-refractivity contribution in [2.24, 2.45) is 0 Å². The molecule has 0 saturated carbocycles. The van der Waals surface area contributed by atoms with Gasteiger partial charge in [0.05, 0.1) is 41.1 Å². The van der Waals surface area contributed by atoms with Gasteiger partial charge in [0.2, 0.25) is 0 Å². The Morgan fingerprint density at radius 2 is 1.89 bits per heavy atom. The van der Waals surface area contributed by atoms with Crippen molar-refractivity contribution in [2.75, 3.05) is 6.54 Å². The summed E-state index contributed by atoms with van der Waals surface area (Å²) in [5.74, 6) is -0.519. The molecule has 4 aromatic rings. The van der Waals surface area contributed by atoms with Gasteiger partial charge in [0.15, 0.2) is 0 Å². The Morgan fingerprint density at radius 1 is 1.11 bits per heavy atom. The monoisotopic (exact) mass is 482 g/mol. The number of rotatable bonds is 5. The number of ether oxygens (including phenoxy) is 1. The standard InChI is InChI=1S/C24H21F3N6O2/c1-15-8-9-20(33-28-10-11-29-33)17(13-15)23(34)32-12-4-6-21(32)19-14-18(30-31-19)16-5-2-3-7-22(16)35-24(25,26)27/h2-3,5,7-11,13-14,21H,4,6,12H2,1H3,(H,30,31). The number of likely N-dealkylation sites (tertiary alicyclic amines) is 1. The van der Waals surface area contributed by atoms with E-state index < -0.39 is 6.36 Å². The molecule has 35 heavy (non-hydrogen) atoms. The number of amides is 1. The van der Waals surface area contributed by atoms with Crippen molar-refractivity contribution in [3.05, 3.63) is 77.7 Å². The van der Waals surface area contributed by atoms with Crippen LogP contribution in [0.25, 0.3) is 16.9 Å². The molecule has 1 fully saturated rings. The molecule has 1 saturated heterocycles. The average molecular weight is 482 g/mol. The van der Waals surface area contributed by atoms with E-state index in [1.165, 1.54) is 23.0 Å². The Hall–Kier alpha value is -4.15. The Bertz CT molecular complexity index is 1350. The van der Waals surface area contributed by atoms with E-state index in [-0.39, 0.29) is 23.3 Å². The highest BCUT2D eigenvalue weighted by Gasteiger charge is 2.35. The van der Waals surface area contributed by atoms with Crippen molar-refractivity contribution in [1.82, 2.24) is 30.1 Å². The van der Waals surface area contributed by atoms with E-state index in [0.29, 0.717) is 35.6 Å². The van der Waals surface area contributed by atoms with Gasteiger partial charge >= 0.3 is 6.36 Å². The van der Waals surface area contributed by atoms with Gasteiger partial charge in [-0.05, 0) is 50.1 Å². The van der Waals surface area contributed by atoms with Gasteiger partial charge in [-0.2, -0.15) is 20.1 Å². The molecule has 8 nitrogen and oxygen atoms in total. The zero-order chi connectivity index (χ0) is 24.6. The Labute approximate surface area is 198 Å². The normalized spacial score (nSPS) is 16.0. The van der Waals surface area contributed by atoms with Crippen LogP contribution in [0.3, 0.4) is 0 Å². The topological polar surface area (TPSA) is 88.9 Å². The molecule has 1 unspecified atom stereocenters. The molecule has 0 bridgehead atoms. The van der Waals surface area contributed by atoms with Crippen molar-refractivity contribution in [3.8, 4) is 22.7 Å². The van der Waals surface area contributed by atoms with Crippen molar-refractivity contribution in [1.29, 1.82) is 0 Å². The van der Waals surface area contributed by atoms with E-state index in [9.17, 15) is 18.0 Å². The van der Waals surface area contributed by atoms with Gasteiger partial charge in [-0.25, -0.2) is 0 Å². The summed E-state index contributed by atoms with van der Waals surface area (Å²) in [5.41, 5.74) is 3.10. The molecule has 2 aromatic heterocycles. The molecule has 180 valence electrons. The highest BCUT2D eigenvalue weighted by molar-refractivity contribution is 5.98. The SMILES string of the molecule is Cc1ccc(-n2nccn2)c(C(=O)N2CCCC2c2cc(-c3ccccc3OC(F)(F)F)n[nH]2)c1. The number of carbonyl (C=O) groups is 1. The van der Waals surface area contributed by atoms with Crippen LogP contribution in [0.15, 0.2) is 60.9 Å². The van der Waals surface area contributed by atoms with Crippen molar-refractivity contribution in [3.63, 3.8) is 0 Å². The van der Waals surface area contributed by atoms with Gasteiger partial charge in [-0.3, -0.25) is 9.89 Å². The number of hydrogen-bond donors (Lipinski definition) is 1. The minimum absolute atomic E-state index is 0.180. The van der Waals surface area contributed by atoms with E-state index in [1.54, 1.807) is 41.6 Å². The van der Waals surface area contributed by atoms with Crippen LogP contribution in [0.4, 0.5) is 13.2 Å². The first-order valence-electron chi connectivity index (χ1n) is 11.0. The zero-order valence-corrected chi connectivity index (χ0v) is 18.7. The maximum atomic E-state index is 13.7. The zero-order valence-electron chi connectivity index (χ0n) is 18.7. The minimum atomic E-state index is -4.82. The number of para-hydroxylation sites is 1. The number of carbonyl (C=O) groups excluding carboxylic acids is 1. The molecule has 1 amide bonds. The van der Waals surface area contributed by atoms with Gasteiger partial charge in [0.25, 0.3) is 5.91 Å². The lowest BCUT2D eigenvalue weighted by molar-refractivity contribution is -0.274. The predicted molar refractivity (Wildman–Crippen MR) is 120 cm³/mol. The highest BCUT2D eigenvalue weighted by atomic mass is 19.4. The van der Waals surface area contributed by atoms with Crippen LogP contribution in [0, 0.1) is 6.92 Å². The average Bonchev–Trinajstić information content (AvgIpc) is 3.59. The second kappa shape index (κ2) is 8.90. The number of aromatic amines is 1. The molecule has 0 aliphatic carbocycles. The van der Waals surface area contributed by atoms with Crippen LogP contribution in [-0.4, -0.2) is 48.9 Å². The fraction of sp³-hybridized carbons (Fsp3) is 0.250. The van der Waals surface area contributed by atoms with Crippen LogP contribution in [0.2, 0.25) is 0 Å². The van der Waals surface area contributed by atoms with Crippen LogP contribution >= 0.6 is 0 Å². The Kier molecular flexibility index (Phi) is 5.75. The molecule has 1 N–H and O–H groups in total. The molecule has 1 atom stereocenters. The first-order chi connectivity index (χ1) is 16.8. The lowest BCUT2D eigenvalue weighted by Gasteiger charge is -2.25. The van der Waals surface area contributed by atoms with E-state index in [2.05, 4.69) is 25.1 Å². The summed E-state index contributed by atoms with van der Waals surface area (Å²) in [6, 6.07) is 12.7. The quantitative estimate of drug-likeness (QED) is 0.440. The van der Waals surface area contributed by atoms with Crippen LogP contribution in [0.1, 0.15) is 40.5 Å². The molecule has 0 spiro atoms. The number of aryl methyl sites for hydroxylation is 1. The number of aromatic nitrogens is 5. The summed E-state index contributed by atoms with van der Waals surface area (Å²) in [6.45, 7) is 2.44. The summed E-state index contributed by atoms with van der Waals surface area (Å²) < 4.78 is 42.7. The van der Waals surface area contributed by atoms with E-state index in [1.807, 2.05) is 13.0 Å². The number of hydrogen-bond acceptors (Lipinski definition) is 5. The Balaban J connectivity index is 1.45. The first-order valence-corrected chi connectivity index (χ1v) is 11.0. The number of benzene rings is 2. The molecule has 11 heteroatoms. The molecular weight excluding hydrogens is 461 g/mol. The summed E-state index contributed by atoms with van der Waals surface area (Å²) in [6.07, 6.45) is -0.272. The van der Waals surface area contributed by atoms with E-state index >= 15 is 0 Å². The van der Waals surface area contributed by atoms with Crippen molar-refractivity contribution >= 4 is 5.91 Å². The summed E-state index contributed by atoms with van der Waals surface area (Å²) in [4.78, 5) is 16.8. The number of halogens is 3. The number of alkyl halides is 3. The summed E-state index contributed by atoms with van der Waals surface area (Å²) >= 11 is 0. The largest absolute Gasteiger partial charge is 0.573 e. The lowest BCUT2D eigenvalue weighted by Crippen LogP contribution is -2.31. The van der Waals surface area contributed by atoms with E-state index in [0.717, 1.165) is 12.0 Å². The molecule has 1 aliphatic heterocycles. The molecule has 5 rings (SSSR count). The van der Waals surface area contributed by atoms with Gasteiger partial charge in [0, 0.05) is 12.1 Å². The van der Waals surface area contributed by atoms with Crippen LogP contribution < -0.4 is 4.74 Å². The third-order valence-corrected chi connectivity index (χ3v) is 5.88. The molecular formula is C24H21F3N6O2. The number of nitrogens with zero attached hydrogens (tertiary/aromatic N) is 5. The molecule has 0 radical (unpaired) electrons. The van der Waals surface area contributed by atoms with Gasteiger partial charge < -0.3 is 9.64 Å². The third kappa shape index (κ3) is 4.61. The van der Waals surface area contributed by atoms with Gasteiger partial charge in [-0.15, -0.1) is 13.2 Å². The van der Waals surface area contributed by atoms with Gasteiger partial charge in [-0.1, -0.05) is 23.8 Å².